The summed E-state index contributed by atoms with van der Waals surface area (Å²) in [6.07, 6.45) is 5.26. The SMILES string of the molecule is Cc1ccc(NS(=O)c2cc(-c3sc(NC(=O)CC4CCCC4)nc3C)ccc2C)cc1O. The molecule has 0 bridgehead atoms. The molecule has 1 unspecified atom stereocenters. The quantitative estimate of drug-likeness (QED) is 0.379. The number of amides is 1. The summed E-state index contributed by atoms with van der Waals surface area (Å²) in [7, 11) is -1.50. The van der Waals surface area contributed by atoms with Crippen molar-refractivity contribution in [1.29, 1.82) is 0 Å². The highest BCUT2D eigenvalue weighted by Gasteiger charge is 2.20. The van der Waals surface area contributed by atoms with Crippen molar-refractivity contribution in [2.24, 2.45) is 5.92 Å². The first-order valence-corrected chi connectivity index (χ1v) is 13.1. The molecule has 33 heavy (non-hydrogen) atoms. The van der Waals surface area contributed by atoms with Crippen LogP contribution >= 0.6 is 11.3 Å². The first-order valence-electron chi connectivity index (χ1n) is 11.2. The number of carbonyl (C=O) groups excluding carboxylic acids is 1. The van der Waals surface area contributed by atoms with Gasteiger partial charge in [-0.3, -0.25) is 4.79 Å². The van der Waals surface area contributed by atoms with Crippen LogP contribution in [0, 0.1) is 26.7 Å². The Bertz CT molecular complexity index is 1200. The lowest BCUT2D eigenvalue weighted by molar-refractivity contribution is -0.117. The van der Waals surface area contributed by atoms with Gasteiger partial charge in [0.2, 0.25) is 5.91 Å². The smallest absolute Gasteiger partial charge is 0.226 e. The number of aromatic hydroxyl groups is 1. The number of aryl methyl sites for hydroxylation is 3. The van der Waals surface area contributed by atoms with Crippen molar-refractivity contribution in [1.82, 2.24) is 4.98 Å². The minimum Gasteiger partial charge on any atom is -0.508 e. The second-order valence-electron chi connectivity index (χ2n) is 8.69. The van der Waals surface area contributed by atoms with E-state index in [-0.39, 0.29) is 11.7 Å². The summed E-state index contributed by atoms with van der Waals surface area (Å²) in [6.45, 7) is 5.65. The molecule has 1 fully saturated rings. The number of phenolic OH excluding ortho intramolecular Hbond substituents is 1. The number of carbonyl (C=O) groups is 1. The predicted molar refractivity (Wildman–Crippen MR) is 135 cm³/mol. The molecule has 8 heteroatoms. The normalized spacial score (nSPS) is 14.9. The number of hydrogen-bond acceptors (Lipinski definition) is 5. The molecule has 3 aromatic rings. The summed E-state index contributed by atoms with van der Waals surface area (Å²) in [5, 5.41) is 13.5. The molecular formula is C25H29N3O3S2. The van der Waals surface area contributed by atoms with E-state index < -0.39 is 11.0 Å². The van der Waals surface area contributed by atoms with Crippen molar-refractivity contribution in [3.63, 3.8) is 0 Å². The summed E-state index contributed by atoms with van der Waals surface area (Å²) in [4.78, 5) is 18.6. The van der Waals surface area contributed by atoms with E-state index in [4.69, 9.17) is 0 Å². The number of nitrogens with zero attached hydrogens (tertiary/aromatic N) is 1. The highest BCUT2D eigenvalue weighted by atomic mass is 32.2. The maximum atomic E-state index is 13.1. The molecule has 1 heterocycles. The van der Waals surface area contributed by atoms with Crippen LogP contribution in [0.1, 0.15) is 48.9 Å². The van der Waals surface area contributed by atoms with Crippen molar-refractivity contribution < 1.29 is 14.1 Å². The fourth-order valence-electron chi connectivity index (χ4n) is 4.14. The van der Waals surface area contributed by atoms with Gasteiger partial charge in [-0.2, -0.15) is 0 Å². The Morgan fingerprint density at radius 2 is 1.85 bits per heavy atom. The highest BCUT2D eigenvalue weighted by Crippen LogP contribution is 2.35. The third kappa shape index (κ3) is 5.62. The fourth-order valence-corrected chi connectivity index (χ4v) is 6.17. The van der Waals surface area contributed by atoms with E-state index in [1.165, 1.54) is 24.2 Å². The van der Waals surface area contributed by atoms with E-state index in [9.17, 15) is 14.1 Å². The highest BCUT2D eigenvalue weighted by molar-refractivity contribution is 7.86. The van der Waals surface area contributed by atoms with Crippen LogP contribution in [-0.4, -0.2) is 20.2 Å². The number of rotatable bonds is 7. The van der Waals surface area contributed by atoms with E-state index in [0.29, 0.717) is 28.1 Å². The van der Waals surface area contributed by atoms with E-state index >= 15 is 0 Å². The molecule has 1 saturated carbocycles. The van der Waals surface area contributed by atoms with E-state index in [0.717, 1.165) is 40.1 Å². The Morgan fingerprint density at radius 3 is 2.58 bits per heavy atom. The van der Waals surface area contributed by atoms with Crippen LogP contribution in [0.4, 0.5) is 10.8 Å². The van der Waals surface area contributed by atoms with E-state index in [2.05, 4.69) is 15.0 Å². The molecule has 0 radical (unpaired) electrons. The van der Waals surface area contributed by atoms with Crippen LogP contribution in [0.3, 0.4) is 0 Å². The summed E-state index contributed by atoms with van der Waals surface area (Å²) in [6, 6.07) is 11.0. The van der Waals surface area contributed by atoms with Gasteiger partial charge >= 0.3 is 0 Å². The number of benzene rings is 2. The van der Waals surface area contributed by atoms with Gasteiger partial charge in [0.05, 0.1) is 21.2 Å². The lowest BCUT2D eigenvalue weighted by atomic mass is 10.0. The maximum absolute atomic E-state index is 13.1. The minimum absolute atomic E-state index is 0.0263. The van der Waals surface area contributed by atoms with Crippen LogP contribution in [0.25, 0.3) is 10.4 Å². The van der Waals surface area contributed by atoms with Crippen molar-refractivity contribution in [2.75, 3.05) is 10.0 Å². The van der Waals surface area contributed by atoms with Gasteiger partial charge in [0.15, 0.2) is 16.1 Å². The zero-order valence-electron chi connectivity index (χ0n) is 19.1. The number of anilines is 2. The Morgan fingerprint density at radius 1 is 1.12 bits per heavy atom. The molecule has 2 aromatic carbocycles. The molecule has 0 spiro atoms. The molecule has 4 rings (SSSR count). The average Bonchev–Trinajstić information content (AvgIpc) is 3.40. The summed E-state index contributed by atoms with van der Waals surface area (Å²) < 4.78 is 16.0. The van der Waals surface area contributed by atoms with Crippen LogP contribution in [0.2, 0.25) is 0 Å². The molecule has 174 valence electrons. The van der Waals surface area contributed by atoms with Crippen LogP contribution in [0.15, 0.2) is 41.3 Å². The molecule has 1 aliphatic rings. The molecule has 6 nitrogen and oxygen atoms in total. The first-order chi connectivity index (χ1) is 15.8. The number of nitrogens with one attached hydrogen (secondary N) is 2. The summed E-state index contributed by atoms with van der Waals surface area (Å²) in [5.41, 5.74) is 3.98. The molecule has 0 aliphatic heterocycles. The Hall–Kier alpha value is -2.71. The largest absolute Gasteiger partial charge is 0.508 e. The van der Waals surface area contributed by atoms with Crippen LogP contribution in [-0.2, 0) is 15.8 Å². The monoisotopic (exact) mass is 483 g/mol. The number of thiazole rings is 1. The summed E-state index contributed by atoms with van der Waals surface area (Å²) >= 11 is 1.44. The number of aromatic nitrogens is 1. The van der Waals surface area contributed by atoms with Gasteiger partial charge in [-0.1, -0.05) is 42.4 Å². The van der Waals surface area contributed by atoms with Crippen molar-refractivity contribution in [3.8, 4) is 16.2 Å². The van der Waals surface area contributed by atoms with Gasteiger partial charge in [0.1, 0.15) is 5.75 Å². The lowest BCUT2D eigenvalue weighted by Gasteiger charge is -2.11. The topological polar surface area (TPSA) is 91.3 Å². The van der Waals surface area contributed by atoms with Gasteiger partial charge in [-0.15, -0.1) is 0 Å². The van der Waals surface area contributed by atoms with Gasteiger partial charge in [0, 0.05) is 12.5 Å². The molecular weight excluding hydrogens is 454 g/mol. The van der Waals surface area contributed by atoms with Crippen LogP contribution < -0.4 is 10.0 Å². The molecule has 0 saturated heterocycles. The second kappa shape index (κ2) is 10.1. The Balaban J connectivity index is 1.51. The van der Waals surface area contributed by atoms with Crippen LogP contribution in [0.5, 0.6) is 5.75 Å². The third-order valence-corrected chi connectivity index (χ3v) is 8.44. The summed E-state index contributed by atoms with van der Waals surface area (Å²) in [5.74, 6) is 0.673. The van der Waals surface area contributed by atoms with Gasteiger partial charge in [0.25, 0.3) is 0 Å². The molecule has 3 N–H and O–H groups in total. The number of hydrogen-bond donors (Lipinski definition) is 3. The second-order valence-corrected chi connectivity index (χ2v) is 10.9. The zero-order chi connectivity index (χ0) is 23.5. The molecule has 1 atom stereocenters. The standard InChI is InChI=1S/C25H29N3O3S2/c1-15-9-11-20(14-21(15)29)28-33(31)22-13-19(10-8-16(22)2)24-17(3)26-25(32-24)27-23(30)12-18-6-4-5-7-18/h8-11,13-14,18,28-29H,4-7,12H2,1-3H3,(H,26,27,30). The zero-order valence-corrected chi connectivity index (χ0v) is 20.7. The van der Waals surface area contributed by atoms with Crippen molar-refractivity contribution >= 4 is 39.0 Å². The van der Waals surface area contributed by atoms with Gasteiger partial charge < -0.3 is 15.1 Å². The van der Waals surface area contributed by atoms with E-state index in [1.54, 1.807) is 18.2 Å². The number of phenols is 1. The molecule has 1 aromatic heterocycles. The van der Waals surface area contributed by atoms with E-state index in [1.807, 2.05) is 39.0 Å². The van der Waals surface area contributed by atoms with Gasteiger partial charge in [-0.25, -0.2) is 9.19 Å². The van der Waals surface area contributed by atoms with Crippen molar-refractivity contribution in [2.45, 2.75) is 57.8 Å². The minimum atomic E-state index is -1.50. The van der Waals surface area contributed by atoms with Crippen molar-refractivity contribution in [3.05, 3.63) is 53.2 Å². The Kier molecular flexibility index (Phi) is 7.14. The maximum Gasteiger partial charge on any atom is 0.226 e. The average molecular weight is 484 g/mol. The first kappa shape index (κ1) is 23.4. The molecule has 1 aliphatic carbocycles. The van der Waals surface area contributed by atoms with Gasteiger partial charge in [-0.05, 0) is 68.4 Å². The lowest BCUT2D eigenvalue weighted by Crippen LogP contribution is -2.14. The molecule has 1 amide bonds. The fraction of sp³-hybridized carbons (Fsp3) is 0.360. The Labute approximate surface area is 201 Å². The third-order valence-electron chi connectivity index (χ3n) is 6.06. The predicted octanol–water partition coefficient (Wildman–Crippen LogP) is 6.09.